The third kappa shape index (κ3) is 4.12. The van der Waals surface area contributed by atoms with Gasteiger partial charge in [0, 0.05) is 0 Å². The molecule has 3 rings (SSSR count). The fourth-order valence-electron chi connectivity index (χ4n) is 2.34. The normalized spacial score (nSPS) is 15.5. The number of para-hydroxylation sites is 1. The third-order valence-electron chi connectivity index (χ3n) is 3.57. The van der Waals surface area contributed by atoms with Crippen molar-refractivity contribution in [1.82, 2.24) is 0 Å². The largest absolute Gasteiger partial charge is 0.493 e. The van der Waals surface area contributed by atoms with E-state index in [1.54, 1.807) is 54.6 Å². The summed E-state index contributed by atoms with van der Waals surface area (Å²) in [7, 11) is 0. The minimum absolute atomic E-state index is 0.0750. The number of thioether (sulfide) groups is 1. The molecule has 1 aliphatic rings. The number of carbonyl (C=O) groups is 3. The Morgan fingerprint density at radius 2 is 1.77 bits per heavy atom. The number of ether oxygens (including phenoxy) is 1. The van der Waals surface area contributed by atoms with Crippen molar-refractivity contribution in [2.45, 2.75) is 6.42 Å². The van der Waals surface area contributed by atoms with E-state index >= 15 is 0 Å². The first-order valence-corrected chi connectivity index (χ1v) is 8.64. The van der Waals surface area contributed by atoms with Crippen LogP contribution < -0.4 is 9.64 Å². The molecule has 1 aliphatic heterocycles. The van der Waals surface area contributed by atoms with Crippen LogP contribution in [0.15, 0.2) is 59.5 Å². The van der Waals surface area contributed by atoms with Crippen LogP contribution in [-0.4, -0.2) is 28.8 Å². The number of benzene rings is 2. The number of carboxylic acid groups (broad SMARTS) is 1. The second-order valence-electron chi connectivity index (χ2n) is 5.41. The lowest BCUT2D eigenvalue weighted by Gasteiger charge is -2.11. The predicted molar refractivity (Wildman–Crippen MR) is 99.1 cm³/mol. The van der Waals surface area contributed by atoms with Gasteiger partial charge in [-0.1, -0.05) is 30.3 Å². The smallest absolute Gasteiger partial charge is 0.306 e. The monoisotopic (exact) mass is 369 g/mol. The van der Waals surface area contributed by atoms with E-state index in [-0.39, 0.29) is 24.2 Å². The van der Waals surface area contributed by atoms with Crippen LogP contribution >= 0.6 is 11.8 Å². The van der Waals surface area contributed by atoms with Gasteiger partial charge in [-0.05, 0) is 47.7 Å². The quantitative estimate of drug-likeness (QED) is 0.780. The van der Waals surface area contributed by atoms with Crippen LogP contribution in [0.5, 0.6) is 5.75 Å². The van der Waals surface area contributed by atoms with Gasteiger partial charge in [0.15, 0.2) is 0 Å². The molecule has 2 amide bonds. The van der Waals surface area contributed by atoms with Gasteiger partial charge in [-0.2, -0.15) is 0 Å². The van der Waals surface area contributed by atoms with Crippen molar-refractivity contribution in [3.8, 4) is 5.75 Å². The lowest BCUT2D eigenvalue weighted by Crippen LogP contribution is -2.27. The van der Waals surface area contributed by atoms with Crippen LogP contribution in [0.3, 0.4) is 0 Å². The summed E-state index contributed by atoms with van der Waals surface area (Å²) >= 11 is 0.895. The summed E-state index contributed by atoms with van der Waals surface area (Å²) in [5.41, 5.74) is 1.29. The molecule has 0 bridgehead atoms. The fraction of sp³-hybridized carbons (Fsp3) is 0.105. The highest BCUT2D eigenvalue weighted by Crippen LogP contribution is 2.35. The topological polar surface area (TPSA) is 83.9 Å². The van der Waals surface area contributed by atoms with Crippen molar-refractivity contribution in [2.24, 2.45) is 0 Å². The van der Waals surface area contributed by atoms with Crippen molar-refractivity contribution < 1.29 is 24.2 Å². The van der Waals surface area contributed by atoms with Crippen molar-refractivity contribution in [1.29, 1.82) is 0 Å². The molecule has 0 aliphatic carbocycles. The van der Waals surface area contributed by atoms with Gasteiger partial charge in [0.2, 0.25) is 0 Å². The molecule has 2 aromatic carbocycles. The van der Waals surface area contributed by atoms with E-state index in [1.807, 2.05) is 6.07 Å². The van der Waals surface area contributed by atoms with Crippen LogP contribution in [0.1, 0.15) is 12.0 Å². The second-order valence-corrected chi connectivity index (χ2v) is 6.41. The molecule has 0 aromatic heterocycles. The molecule has 2 aromatic rings. The van der Waals surface area contributed by atoms with Gasteiger partial charge in [0.05, 0.1) is 23.6 Å². The lowest BCUT2D eigenvalue weighted by molar-refractivity contribution is -0.137. The number of anilines is 1. The standard InChI is InChI=1S/C19H15NO5S/c21-17(22)10-11-25-15-8-6-13(7-9-15)12-16-18(23)20(19(24)26-16)14-4-2-1-3-5-14/h1-9,12H,10-11H2,(H,21,22)/b16-12+. The number of nitrogens with zero attached hydrogens (tertiary/aromatic N) is 1. The number of carbonyl (C=O) groups excluding carboxylic acids is 2. The Morgan fingerprint density at radius 3 is 2.42 bits per heavy atom. The molecule has 1 saturated heterocycles. The van der Waals surface area contributed by atoms with E-state index in [2.05, 4.69) is 0 Å². The molecular weight excluding hydrogens is 354 g/mol. The fourth-order valence-corrected chi connectivity index (χ4v) is 3.18. The molecular formula is C19H15NO5S. The highest BCUT2D eigenvalue weighted by Gasteiger charge is 2.36. The number of aliphatic carboxylic acids is 1. The molecule has 0 radical (unpaired) electrons. The van der Waals surface area contributed by atoms with Gasteiger partial charge in [-0.3, -0.25) is 14.4 Å². The van der Waals surface area contributed by atoms with Gasteiger partial charge in [-0.25, -0.2) is 4.90 Å². The van der Waals surface area contributed by atoms with Gasteiger partial charge >= 0.3 is 5.97 Å². The summed E-state index contributed by atoms with van der Waals surface area (Å²) in [4.78, 5) is 36.7. The lowest BCUT2D eigenvalue weighted by atomic mass is 10.2. The molecule has 1 heterocycles. The zero-order valence-electron chi connectivity index (χ0n) is 13.6. The molecule has 0 spiro atoms. The maximum Gasteiger partial charge on any atom is 0.306 e. The summed E-state index contributed by atoms with van der Waals surface area (Å²) in [6, 6.07) is 15.6. The summed E-state index contributed by atoms with van der Waals surface area (Å²) in [5.74, 6) is -0.732. The SMILES string of the molecule is O=C(O)CCOc1ccc(/C=C2/SC(=O)N(c3ccccc3)C2=O)cc1. The van der Waals surface area contributed by atoms with Crippen LogP contribution in [0.2, 0.25) is 0 Å². The van der Waals surface area contributed by atoms with Crippen molar-refractivity contribution in [2.75, 3.05) is 11.5 Å². The van der Waals surface area contributed by atoms with E-state index in [0.29, 0.717) is 16.3 Å². The Morgan fingerprint density at radius 1 is 1.08 bits per heavy atom. The second kappa shape index (κ2) is 7.88. The Balaban J connectivity index is 1.71. The molecule has 0 atom stereocenters. The van der Waals surface area contributed by atoms with E-state index in [9.17, 15) is 14.4 Å². The number of imide groups is 1. The minimum atomic E-state index is -0.921. The molecule has 0 saturated carbocycles. The number of rotatable bonds is 6. The molecule has 6 nitrogen and oxygen atoms in total. The minimum Gasteiger partial charge on any atom is -0.493 e. The van der Waals surface area contributed by atoms with Crippen LogP contribution in [0.4, 0.5) is 10.5 Å². The average Bonchev–Trinajstić information content (AvgIpc) is 2.90. The summed E-state index contributed by atoms with van der Waals surface area (Å²) in [5, 5.41) is 8.26. The zero-order valence-corrected chi connectivity index (χ0v) is 14.4. The average molecular weight is 369 g/mol. The van der Waals surface area contributed by atoms with Crippen molar-refractivity contribution >= 4 is 40.6 Å². The molecule has 132 valence electrons. The number of hydrogen-bond acceptors (Lipinski definition) is 5. The molecule has 1 fully saturated rings. The first kappa shape index (κ1) is 17.8. The van der Waals surface area contributed by atoms with E-state index in [0.717, 1.165) is 22.2 Å². The molecule has 7 heteroatoms. The predicted octanol–water partition coefficient (Wildman–Crippen LogP) is 3.78. The molecule has 26 heavy (non-hydrogen) atoms. The number of hydrogen-bond donors (Lipinski definition) is 1. The van der Waals surface area contributed by atoms with Crippen LogP contribution in [0.25, 0.3) is 6.08 Å². The van der Waals surface area contributed by atoms with Gasteiger partial charge in [0.1, 0.15) is 5.75 Å². The summed E-state index contributed by atoms with van der Waals surface area (Å²) in [6.45, 7) is 0.0879. The van der Waals surface area contributed by atoms with Gasteiger partial charge in [-0.15, -0.1) is 0 Å². The Labute approximate surface area is 154 Å². The van der Waals surface area contributed by atoms with Crippen molar-refractivity contribution in [3.63, 3.8) is 0 Å². The molecule has 1 N–H and O–H groups in total. The Bertz CT molecular complexity index is 861. The van der Waals surface area contributed by atoms with E-state index in [1.165, 1.54) is 0 Å². The first-order valence-electron chi connectivity index (χ1n) is 7.82. The maximum absolute atomic E-state index is 12.5. The maximum atomic E-state index is 12.5. The van der Waals surface area contributed by atoms with Crippen molar-refractivity contribution in [3.05, 3.63) is 65.1 Å². The Kier molecular flexibility index (Phi) is 5.38. The van der Waals surface area contributed by atoms with E-state index < -0.39 is 5.97 Å². The zero-order chi connectivity index (χ0) is 18.5. The third-order valence-corrected chi connectivity index (χ3v) is 4.44. The first-order chi connectivity index (χ1) is 12.5. The van der Waals surface area contributed by atoms with Crippen LogP contribution in [-0.2, 0) is 9.59 Å². The highest BCUT2D eigenvalue weighted by atomic mass is 32.2. The van der Waals surface area contributed by atoms with Gasteiger partial charge in [0.25, 0.3) is 11.1 Å². The number of carboxylic acids is 1. The highest BCUT2D eigenvalue weighted by molar-refractivity contribution is 8.19. The van der Waals surface area contributed by atoms with E-state index in [4.69, 9.17) is 9.84 Å². The van der Waals surface area contributed by atoms with Crippen LogP contribution in [0, 0.1) is 0 Å². The number of amides is 2. The summed E-state index contributed by atoms with van der Waals surface area (Å²) in [6.07, 6.45) is 1.57. The van der Waals surface area contributed by atoms with Gasteiger partial charge < -0.3 is 9.84 Å². The Hall–Kier alpha value is -3.06. The summed E-state index contributed by atoms with van der Waals surface area (Å²) < 4.78 is 5.32. The molecule has 0 unspecified atom stereocenters.